The number of nitro groups is 1. The predicted octanol–water partition coefficient (Wildman–Crippen LogP) is 0.680. The summed E-state index contributed by atoms with van der Waals surface area (Å²) < 4.78 is 34.8. The molecule has 1 aromatic rings. The maximum atomic E-state index is 11.4. The topological polar surface area (TPSA) is 108 Å². The maximum Gasteiger partial charge on any atom is 0.319 e. The van der Waals surface area contributed by atoms with Crippen LogP contribution >= 0.6 is 0 Å². The van der Waals surface area contributed by atoms with Crippen LogP contribution in [0.1, 0.15) is 0 Å². The minimum Gasteiger partial charge on any atom is -0.497 e. The molecule has 0 saturated heterocycles. The molecular weight excluding hydrogens is 264 g/mol. The van der Waals surface area contributed by atoms with Gasteiger partial charge in [-0.15, -0.1) is 0 Å². The molecule has 0 fully saturated rings. The van der Waals surface area contributed by atoms with Crippen LogP contribution in [-0.2, 0) is 10.0 Å². The normalized spacial score (nSPS) is 10.8. The number of methoxy groups -OCH3 is 2. The molecule has 0 spiro atoms. The number of rotatable bonds is 6. The highest BCUT2D eigenvalue weighted by molar-refractivity contribution is 7.92. The van der Waals surface area contributed by atoms with Crippen molar-refractivity contribution >= 4 is 15.7 Å². The Bertz CT molecular complexity index is 542. The SMILES string of the molecule is COc1ccc(NS(=O)(=O)C[N+](=O)[O-])c(OC)c1. The van der Waals surface area contributed by atoms with E-state index in [0.29, 0.717) is 5.75 Å². The van der Waals surface area contributed by atoms with Gasteiger partial charge >= 0.3 is 5.88 Å². The van der Waals surface area contributed by atoms with Crippen molar-refractivity contribution in [3.8, 4) is 11.5 Å². The molecule has 18 heavy (non-hydrogen) atoms. The van der Waals surface area contributed by atoms with Crippen molar-refractivity contribution in [2.45, 2.75) is 0 Å². The lowest BCUT2D eigenvalue weighted by atomic mass is 10.3. The molecule has 0 unspecified atom stereocenters. The fraction of sp³-hybridized carbons (Fsp3) is 0.333. The fourth-order valence-electron chi connectivity index (χ4n) is 1.22. The number of anilines is 1. The molecule has 9 heteroatoms. The van der Waals surface area contributed by atoms with Gasteiger partial charge < -0.3 is 9.47 Å². The van der Waals surface area contributed by atoms with Crippen molar-refractivity contribution in [2.75, 3.05) is 24.8 Å². The van der Waals surface area contributed by atoms with E-state index >= 15 is 0 Å². The van der Waals surface area contributed by atoms with E-state index < -0.39 is 20.8 Å². The van der Waals surface area contributed by atoms with Crippen molar-refractivity contribution < 1.29 is 22.8 Å². The van der Waals surface area contributed by atoms with Gasteiger partial charge in [0.25, 0.3) is 10.0 Å². The van der Waals surface area contributed by atoms with Crippen LogP contribution in [0.3, 0.4) is 0 Å². The van der Waals surface area contributed by atoms with E-state index in [0.717, 1.165) is 0 Å². The first-order chi connectivity index (χ1) is 8.38. The molecule has 0 saturated carbocycles. The van der Waals surface area contributed by atoms with Gasteiger partial charge in [0.1, 0.15) is 11.5 Å². The number of benzene rings is 1. The first kappa shape index (κ1) is 14.0. The average Bonchev–Trinajstić information content (AvgIpc) is 2.27. The number of ether oxygens (including phenoxy) is 2. The zero-order chi connectivity index (χ0) is 13.8. The summed E-state index contributed by atoms with van der Waals surface area (Å²) in [5.41, 5.74) is 0.111. The van der Waals surface area contributed by atoms with Crippen LogP contribution in [0, 0.1) is 10.1 Å². The van der Waals surface area contributed by atoms with E-state index in [1.807, 2.05) is 0 Å². The van der Waals surface area contributed by atoms with E-state index in [-0.39, 0.29) is 11.4 Å². The Hall–Kier alpha value is -2.03. The first-order valence-electron chi connectivity index (χ1n) is 4.72. The summed E-state index contributed by atoms with van der Waals surface area (Å²) in [6.07, 6.45) is 0. The third kappa shape index (κ3) is 3.77. The summed E-state index contributed by atoms with van der Waals surface area (Å²) in [6.45, 7) is 0. The Morgan fingerprint density at radius 2 is 2.00 bits per heavy atom. The minimum atomic E-state index is -4.06. The second-order valence-corrected chi connectivity index (χ2v) is 4.94. The molecule has 1 N–H and O–H groups in total. The van der Waals surface area contributed by atoms with Gasteiger partial charge in [0.15, 0.2) is 0 Å². The molecule has 0 aliphatic rings. The van der Waals surface area contributed by atoms with Crippen molar-refractivity contribution in [1.82, 2.24) is 0 Å². The van der Waals surface area contributed by atoms with Crippen LogP contribution in [0.4, 0.5) is 5.69 Å². The molecule has 0 heterocycles. The van der Waals surface area contributed by atoms with Crippen molar-refractivity contribution in [3.63, 3.8) is 0 Å². The van der Waals surface area contributed by atoms with Crippen LogP contribution in [0.2, 0.25) is 0 Å². The highest BCUT2D eigenvalue weighted by Crippen LogP contribution is 2.29. The summed E-state index contributed by atoms with van der Waals surface area (Å²) >= 11 is 0. The molecule has 0 bridgehead atoms. The zero-order valence-corrected chi connectivity index (χ0v) is 10.6. The highest BCUT2D eigenvalue weighted by Gasteiger charge is 2.19. The maximum absolute atomic E-state index is 11.4. The van der Waals surface area contributed by atoms with Crippen molar-refractivity contribution in [3.05, 3.63) is 28.3 Å². The van der Waals surface area contributed by atoms with Gasteiger partial charge in [0.05, 0.1) is 19.9 Å². The molecule has 0 radical (unpaired) electrons. The van der Waals surface area contributed by atoms with Crippen LogP contribution in [0.5, 0.6) is 11.5 Å². The summed E-state index contributed by atoms with van der Waals surface area (Å²) in [7, 11) is -1.26. The fourth-order valence-corrected chi connectivity index (χ4v) is 2.07. The molecule has 0 amide bonds. The molecule has 0 aliphatic heterocycles. The summed E-state index contributed by atoms with van der Waals surface area (Å²) in [5, 5.41) is 10.2. The van der Waals surface area contributed by atoms with Gasteiger partial charge in [-0.05, 0) is 12.1 Å². The van der Waals surface area contributed by atoms with E-state index in [1.54, 1.807) is 0 Å². The Kier molecular flexibility index (Phi) is 4.32. The molecule has 0 aromatic heterocycles. The zero-order valence-electron chi connectivity index (χ0n) is 9.74. The second kappa shape index (κ2) is 5.54. The third-order valence-electron chi connectivity index (χ3n) is 1.95. The molecule has 100 valence electrons. The van der Waals surface area contributed by atoms with E-state index in [1.165, 1.54) is 32.4 Å². The molecule has 1 aromatic carbocycles. The largest absolute Gasteiger partial charge is 0.497 e. The van der Waals surface area contributed by atoms with E-state index in [4.69, 9.17) is 9.47 Å². The molecule has 8 nitrogen and oxygen atoms in total. The van der Waals surface area contributed by atoms with Gasteiger partial charge in [-0.25, -0.2) is 0 Å². The highest BCUT2D eigenvalue weighted by atomic mass is 32.2. The van der Waals surface area contributed by atoms with Gasteiger partial charge in [0.2, 0.25) is 0 Å². The van der Waals surface area contributed by atoms with E-state index in [9.17, 15) is 18.5 Å². The lowest BCUT2D eigenvalue weighted by molar-refractivity contribution is -0.458. The third-order valence-corrected chi connectivity index (χ3v) is 3.03. The van der Waals surface area contributed by atoms with Crippen LogP contribution in [-0.4, -0.2) is 33.4 Å². The Morgan fingerprint density at radius 3 is 2.50 bits per heavy atom. The summed E-state index contributed by atoms with van der Waals surface area (Å²) in [4.78, 5) is 9.26. The second-order valence-electron chi connectivity index (χ2n) is 3.24. The van der Waals surface area contributed by atoms with Gasteiger partial charge in [0, 0.05) is 11.0 Å². The van der Waals surface area contributed by atoms with Crippen molar-refractivity contribution in [2.24, 2.45) is 0 Å². The molecule has 1 rings (SSSR count). The summed E-state index contributed by atoms with van der Waals surface area (Å²) in [5.74, 6) is -0.521. The molecule has 0 atom stereocenters. The monoisotopic (exact) mass is 276 g/mol. The molecular formula is C9H12N2O6S. The first-order valence-corrected chi connectivity index (χ1v) is 6.37. The quantitative estimate of drug-likeness (QED) is 0.604. The van der Waals surface area contributed by atoms with Crippen LogP contribution in [0.25, 0.3) is 0 Å². The van der Waals surface area contributed by atoms with Crippen LogP contribution in [0.15, 0.2) is 18.2 Å². The minimum absolute atomic E-state index is 0.111. The van der Waals surface area contributed by atoms with Gasteiger partial charge in [-0.2, -0.15) is 8.42 Å². The number of hydrogen-bond acceptors (Lipinski definition) is 6. The smallest absolute Gasteiger partial charge is 0.319 e. The molecule has 0 aliphatic carbocycles. The number of sulfonamides is 1. The standard InChI is InChI=1S/C9H12N2O6S/c1-16-7-3-4-8(9(5-7)17-2)10-18(14,15)6-11(12)13/h3-5,10H,6H2,1-2H3. The Balaban J connectivity index is 3.00. The van der Waals surface area contributed by atoms with Crippen LogP contribution < -0.4 is 14.2 Å². The average molecular weight is 276 g/mol. The van der Waals surface area contributed by atoms with Crippen molar-refractivity contribution in [1.29, 1.82) is 0 Å². The Labute approximate surface area is 104 Å². The Morgan fingerprint density at radius 1 is 1.33 bits per heavy atom. The lowest BCUT2D eigenvalue weighted by Gasteiger charge is -2.11. The number of nitrogens with one attached hydrogen (secondary N) is 1. The lowest BCUT2D eigenvalue weighted by Crippen LogP contribution is -2.22. The number of hydrogen-bond donors (Lipinski definition) is 1. The predicted molar refractivity (Wildman–Crippen MR) is 63.9 cm³/mol. The van der Waals surface area contributed by atoms with Gasteiger partial charge in [-0.3, -0.25) is 14.8 Å². The van der Waals surface area contributed by atoms with Gasteiger partial charge in [-0.1, -0.05) is 0 Å². The van der Waals surface area contributed by atoms with E-state index in [2.05, 4.69) is 4.72 Å². The number of nitrogens with zero attached hydrogens (tertiary/aromatic N) is 1. The summed E-state index contributed by atoms with van der Waals surface area (Å²) in [6, 6.07) is 4.37.